The van der Waals surface area contributed by atoms with Gasteiger partial charge in [0.1, 0.15) is 5.82 Å². The van der Waals surface area contributed by atoms with Crippen LogP contribution in [0.15, 0.2) is 36.5 Å². The fourth-order valence-electron chi connectivity index (χ4n) is 2.35. The van der Waals surface area contributed by atoms with E-state index in [0.717, 1.165) is 43.5 Å². The van der Waals surface area contributed by atoms with Crippen LogP contribution in [0.2, 0.25) is 0 Å². The lowest BCUT2D eigenvalue weighted by Gasteiger charge is -2.28. The quantitative estimate of drug-likeness (QED) is 0.910. The van der Waals surface area contributed by atoms with Gasteiger partial charge in [0.05, 0.1) is 44.4 Å². The van der Waals surface area contributed by atoms with E-state index in [1.807, 2.05) is 30.5 Å². The van der Waals surface area contributed by atoms with E-state index in [2.05, 4.69) is 26.3 Å². The molecule has 0 aromatic carbocycles. The molecule has 0 radical (unpaired) electrons. The Morgan fingerprint density at radius 1 is 1.23 bits per heavy atom. The largest absolute Gasteiger partial charge is 0.481 e. The van der Waals surface area contributed by atoms with E-state index >= 15 is 0 Å². The molecule has 2 aromatic heterocycles. The van der Waals surface area contributed by atoms with Crippen LogP contribution in [-0.4, -0.2) is 43.4 Å². The van der Waals surface area contributed by atoms with E-state index in [0.29, 0.717) is 12.4 Å². The standard InChI is InChI=1S/C16H20N4O2/c1-21-16-4-2-3-13(19-16)11-17-15-6-5-14(12-18-15)20-7-9-22-10-8-20/h2-6,12H,7-11H2,1H3,(H,17,18). The number of methoxy groups -OCH3 is 1. The Balaban J connectivity index is 1.58. The second kappa shape index (κ2) is 7.09. The third-order valence-corrected chi connectivity index (χ3v) is 3.57. The Morgan fingerprint density at radius 3 is 2.82 bits per heavy atom. The number of anilines is 2. The van der Waals surface area contributed by atoms with E-state index < -0.39 is 0 Å². The van der Waals surface area contributed by atoms with E-state index in [9.17, 15) is 0 Å². The van der Waals surface area contributed by atoms with Gasteiger partial charge in [-0.05, 0) is 18.2 Å². The number of ether oxygens (including phenoxy) is 2. The summed E-state index contributed by atoms with van der Waals surface area (Å²) in [7, 11) is 1.62. The highest BCUT2D eigenvalue weighted by atomic mass is 16.5. The molecule has 0 bridgehead atoms. The first-order chi connectivity index (χ1) is 10.8. The molecular weight excluding hydrogens is 280 g/mol. The monoisotopic (exact) mass is 300 g/mol. The highest BCUT2D eigenvalue weighted by molar-refractivity contribution is 5.49. The second-order valence-corrected chi connectivity index (χ2v) is 5.03. The van der Waals surface area contributed by atoms with Gasteiger partial charge >= 0.3 is 0 Å². The predicted molar refractivity (Wildman–Crippen MR) is 85.4 cm³/mol. The number of hydrogen-bond acceptors (Lipinski definition) is 6. The van der Waals surface area contributed by atoms with Crippen LogP contribution in [-0.2, 0) is 11.3 Å². The van der Waals surface area contributed by atoms with Crippen molar-refractivity contribution in [1.82, 2.24) is 9.97 Å². The van der Waals surface area contributed by atoms with Crippen molar-refractivity contribution < 1.29 is 9.47 Å². The summed E-state index contributed by atoms with van der Waals surface area (Å²) < 4.78 is 10.5. The molecule has 116 valence electrons. The van der Waals surface area contributed by atoms with Crippen molar-refractivity contribution in [1.29, 1.82) is 0 Å². The van der Waals surface area contributed by atoms with Gasteiger partial charge in [-0.3, -0.25) is 0 Å². The van der Waals surface area contributed by atoms with E-state index in [1.54, 1.807) is 7.11 Å². The maximum absolute atomic E-state index is 5.36. The lowest BCUT2D eigenvalue weighted by Crippen LogP contribution is -2.36. The van der Waals surface area contributed by atoms with Crippen LogP contribution in [0.1, 0.15) is 5.69 Å². The Hall–Kier alpha value is -2.34. The number of nitrogens with one attached hydrogen (secondary N) is 1. The van der Waals surface area contributed by atoms with Gasteiger partial charge in [-0.1, -0.05) is 6.07 Å². The van der Waals surface area contributed by atoms with Crippen molar-refractivity contribution in [3.63, 3.8) is 0 Å². The SMILES string of the molecule is COc1cccc(CNc2ccc(N3CCOCC3)cn2)n1. The number of morpholine rings is 1. The van der Waals surface area contributed by atoms with Crippen LogP contribution in [0.5, 0.6) is 5.88 Å². The van der Waals surface area contributed by atoms with Gasteiger partial charge in [-0.2, -0.15) is 0 Å². The molecule has 3 rings (SSSR count). The smallest absolute Gasteiger partial charge is 0.213 e. The number of nitrogens with zero attached hydrogens (tertiary/aromatic N) is 3. The third kappa shape index (κ3) is 3.65. The van der Waals surface area contributed by atoms with E-state index in [-0.39, 0.29) is 0 Å². The normalized spacial score (nSPS) is 14.7. The zero-order chi connectivity index (χ0) is 15.2. The van der Waals surface area contributed by atoms with Gasteiger partial charge in [-0.25, -0.2) is 9.97 Å². The van der Waals surface area contributed by atoms with Gasteiger partial charge in [0.15, 0.2) is 0 Å². The Kier molecular flexibility index (Phi) is 4.70. The molecule has 2 aromatic rings. The summed E-state index contributed by atoms with van der Waals surface area (Å²) in [5, 5.41) is 3.27. The number of rotatable bonds is 5. The summed E-state index contributed by atoms with van der Waals surface area (Å²) in [6, 6.07) is 9.79. The molecule has 6 nitrogen and oxygen atoms in total. The average Bonchev–Trinajstić information content (AvgIpc) is 2.61. The van der Waals surface area contributed by atoms with Crippen LogP contribution in [0.25, 0.3) is 0 Å². The molecule has 0 saturated carbocycles. The highest BCUT2D eigenvalue weighted by Gasteiger charge is 2.11. The third-order valence-electron chi connectivity index (χ3n) is 3.57. The molecule has 1 saturated heterocycles. The van der Waals surface area contributed by atoms with Gasteiger partial charge in [0.25, 0.3) is 0 Å². The summed E-state index contributed by atoms with van der Waals surface area (Å²) in [5.41, 5.74) is 2.05. The van der Waals surface area contributed by atoms with Crippen molar-refractivity contribution in [2.45, 2.75) is 6.54 Å². The van der Waals surface area contributed by atoms with Crippen LogP contribution >= 0.6 is 0 Å². The molecule has 22 heavy (non-hydrogen) atoms. The van der Waals surface area contributed by atoms with Crippen molar-refractivity contribution in [2.75, 3.05) is 43.6 Å². The molecule has 3 heterocycles. The molecular formula is C16H20N4O2. The van der Waals surface area contributed by atoms with E-state index in [4.69, 9.17) is 9.47 Å². The maximum atomic E-state index is 5.36. The second-order valence-electron chi connectivity index (χ2n) is 5.03. The fraction of sp³-hybridized carbons (Fsp3) is 0.375. The highest BCUT2D eigenvalue weighted by Crippen LogP contribution is 2.17. The number of aromatic nitrogens is 2. The summed E-state index contributed by atoms with van der Waals surface area (Å²) in [4.78, 5) is 11.1. The van der Waals surface area contributed by atoms with Crippen molar-refractivity contribution >= 4 is 11.5 Å². The lowest BCUT2D eigenvalue weighted by molar-refractivity contribution is 0.122. The first kappa shape index (κ1) is 14.6. The minimum absolute atomic E-state index is 0.612. The van der Waals surface area contributed by atoms with Crippen LogP contribution in [0.4, 0.5) is 11.5 Å². The molecule has 0 atom stereocenters. The summed E-state index contributed by atoms with van der Waals surface area (Å²) in [5.74, 6) is 1.46. The zero-order valence-electron chi connectivity index (χ0n) is 12.7. The lowest BCUT2D eigenvalue weighted by atomic mass is 10.3. The molecule has 1 N–H and O–H groups in total. The van der Waals surface area contributed by atoms with Gasteiger partial charge < -0.3 is 19.7 Å². The van der Waals surface area contributed by atoms with Gasteiger partial charge in [0.2, 0.25) is 5.88 Å². The van der Waals surface area contributed by atoms with Gasteiger partial charge in [0, 0.05) is 19.2 Å². The molecule has 0 aliphatic carbocycles. The van der Waals surface area contributed by atoms with Crippen LogP contribution in [0, 0.1) is 0 Å². The average molecular weight is 300 g/mol. The van der Waals surface area contributed by atoms with Crippen LogP contribution < -0.4 is 15.0 Å². The molecule has 1 fully saturated rings. The van der Waals surface area contributed by atoms with E-state index in [1.165, 1.54) is 0 Å². The first-order valence-corrected chi connectivity index (χ1v) is 7.38. The minimum atomic E-state index is 0.612. The Morgan fingerprint density at radius 2 is 2.09 bits per heavy atom. The van der Waals surface area contributed by atoms with Crippen molar-refractivity contribution in [2.24, 2.45) is 0 Å². The molecule has 0 spiro atoms. The molecule has 0 unspecified atom stereocenters. The predicted octanol–water partition coefficient (Wildman–Crippen LogP) is 1.93. The summed E-state index contributed by atoms with van der Waals surface area (Å²) in [6.45, 7) is 4.01. The number of pyridine rings is 2. The van der Waals surface area contributed by atoms with Gasteiger partial charge in [-0.15, -0.1) is 0 Å². The van der Waals surface area contributed by atoms with Crippen molar-refractivity contribution in [3.05, 3.63) is 42.2 Å². The van der Waals surface area contributed by atoms with Crippen LogP contribution in [0.3, 0.4) is 0 Å². The molecule has 1 aliphatic rings. The first-order valence-electron chi connectivity index (χ1n) is 7.38. The van der Waals surface area contributed by atoms with Crippen molar-refractivity contribution in [3.8, 4) is 5.88 Å². The molecule has 1 aliphatic heterocycles. The topological polar surface area (TPSA) is 59.5 Å². The number of hydrogen-bond donors (Lipinski definition) is 1. The minimum Gasteiger partial charge on any atom is -0.481 e. The fourth-order valence-corrected chi connectivity index (χ4v) is 2.35. The summed E-state index contributed by atoms with van der Waals surface area (Å²) >= 11 is 0. The summed E-state index contributed by atoms with van der Waals surface area (Å²) in [6.07, 6.45) is 1.90. The maximum Gasteiger partial charge on any atom is 0.213 e. The zero-order valence-corrected chi connectivity index (χ0v) is 12.7. The molecule has 6 heteroatoms. The Bertz CT molecular complexity index is 597. The Labute approximate surface area is 130 Å². The molecule has 0 amide bonds.